The number of aliphatic hydroxyl groups excluding tert-OH is 2. The third-order valence-corrected chi connectivity index (χ3v) is 7.93. The number of fused-ring (bicyclic) bond motifs is 4. The van der Waals surface area contributed by atoms with E-state index in [2.05, 4.69) is 16.4 Å². The van der Waals surface area contributed by atoms with Crippen LogP contribution in [0, 0.1) is 0 Å². The van der Waals surface area contributed by atoms with Crippen LogP contribution < -0.4 is 10.1 Å². The predicted octanol–water partition coefficient (Wildman–Crippen LogP) is 2.04. The van der Waals surface area contributed by atoms with Gasteiger partial charge in [-0.2, -0.15) is 0 Å². The SMILES string of the molecule is O=C(NCCO)C1=CC(N(CCc2cc3ccccc3[nH]2)C(=O)C2CCCO2)C(O)C2Oc3ccccc3C12. The Morgan fingerprint density at radius 2 is 1.95 bits per heavy atom. The number of amides is 2. The number of para-hydroxylation sites is 2. The first-order chi connectivity index (χ1) is 19.0. The van der Waals surface area contributed by atoms with Gasteiger partial charge in [0.25, 0.3) is 5.91 Å². The maximum atomic E-state index is 13.8. The summed E-state index contributed by atoms with van der Waals surface area (Å²) < 4.78 is 11.9. The molecule has 5 atom stereocenters. The minimum absolute atomic E-state index is 0.0994. The highest BCUT2D eigenvalue weighted by Crippen LogP contribution is 2.47. The number of rotatable bonds is 8. The molecule has 9 heteroatoms. The number of hydrogen-bond acceptors (Lipinski definition) is 6. The number of H-pyrrole nitrogens is 1. The molecule has 3 aromatic rings. The molecule has 6 rings (SSSR count). The number of aliphatic hydroxyl groups is 2. The summed E-state index contributed by atoms with van der Waals surface area (Å²) in [6, 6.07) is 16.7. The molecule has 1 saturated heterocycles. The molecule has 1 aromatic heterocycles. The van der Waals surface area contributed by atoms with Crippen molar-refractivity contribution in [2.24, 2.45) is 0 Å². The second-order valence-electron chi connectivity index (χ2n) is 10.3. The molecular formula is C30H33N3O6. The summed E-state index contributed by atoms with van der Waals surface area (Å²) in [7, 11) is 0. The summed E-state index contributed by atoms with van der Waals surface area (Å²) in [5, 5.41) is 24.8. The number of carbonyl (C=O) groups excluding carboxylic acids is 2. The van der Waals surface area contributed by atoms with Crippen LogP contribution in [0.1, 0.15) is 30.0 Å². The third kappa shape index (κ3) is 4.82. The monoisotopic (exact) mass is 531 g/mol. The summed E-state index contributed by atoms with van der Waals surface area (Å²) in [6.45, 7) is 0.746. The highest BCUT2D eigenvalue weighted by atomic mass is 16.5. The lowest BCUT2D eigenvalue weighted by Crippen LogP contribution is -2.57. The van der Waals surface area contributed by atoms with E-state index in [4.69, 9.17) is 9.47 Å². The molecule has 3 heterocycles. The van der Waals surface area contributed by atoms with Gasteiger partial charge in [0.05, 0.1) is 18.6 Å². The van der Waals surface area contributed by atoms with Gasteiger partial charge >= 0.3 is 0 Å². The molecule has 9 nitrogen and oxygen atoms in total. The third-order valence-electron chi connectivity index (χ3n) is 7.93. The van der Waals surface area contributed by atoms with Crippen LogP contribution in [0.3, 0.4) is 0 Å². The molecule has 0 radical (unpaired) electrons. The Hall–Kier alpha value is -3.66. The van der Waals surface area contributed by atoms with Crippen molar-refractivity contribution in [2.45, 2.75) is 49.5 Å². The Kier molecular flexibility index (Phi) is 7.12. The van der Waals surface area contributed by atoms with Crippen molar-refractivity contribution in [1.82, 2.24) is 15.2 Å². The lowest BCUT2D eigenvalue weighted by molar-refractivity contribution is -0.146. The first-order valence-electron chi connectivity index (χ1n) is 13.6. The normalized spacial score (nSPS) is 25.5. The van der Waals surface area contributed by atoms with Gasteiger partial charge in [-0.3, -0.25) is 9.59 Å². The average molecular weight is 532 g/mol. The van der Waals surface area contributed by atoms with Gasteiger partial charge in [-0.05, 0) is 42.5 Å². The van der Waals surface area contributed by atoms with Crippen LogP contribution in [0.4, 0.5) is 0 Å². The van der Waals surface area contributed by atoms with Crippen LogP contribution in [-0.4, -0.2) is 82.6 Å². The molecule has 0 saturated carbocycles. The van der Waals surface area contributed by atoms with E-state index in [0.717, 1.165) is 28.6 Å². The Morgan fingerprint density at radius 1 is 1.13 bits per heavy atom. The van der Waals surface area contributed by atoms with Crippen LogP contribution in [0.15, 0.2) is 66.2 Å². The molecule has 2 aromatic carbocycles. The van der Waals surface area contributed by atoms with E-state index in [1.165, 1.54) is 0 Å². The van der Waals surface area contributed by atoms with E-state index in [0.29, 0.717) is 37.3 Å². The Balaban J connectivity index is 1.35. The number of hydrogen-bond donors (Lipinski definition) is 4. The number of aromatic nitrogens is 1. The fourth-order valence-corrected chi connectivity index (χ4v) is 6.06. The van der Waals surface area contributed by atoms with Crippen molar-refractivity contribution in [3.63, 3.8) is 0 Å². The van der Waals surface area contributed by atoms with Gasteiger partial charge in [-0.1, -0.05) is 36.4 Å². The lowest BCUT2D eigenvalue weighted by Gasteiger charge is -2.41. The quantitative estimate of drug-likeness (QED) is 0.353. The van der Waals surface area contributed by atoms with Crippen molar-refractivity contribution in [1.29, 1.82) is 0 Å². The van der Waals surface area contributed by atoms with E-state index >= 15 is 0 Å². The van der Waals surface area contributed by atoms with Gasteiger partial charge in [0.1, 0.15) is 24.1 Å². The van der Waals surface area contributed by atoms with Crippen LogP contribution in [-0.2, 0) is 20.7 Å². The van der Waals surface area contributed by atoms with E-state index in [1.54, 1.807) is 11.0 Å². The summed E-state index contributed by atoms with van der Waals surface area (Å²) in [5.41, 5.74) is 3.23. The number of carbonyl (C=O) groups is 2. The van der Waals surface area contributed by atoms with Crippen molar-refractivity contribution < 1.29 is 29.3 Å². The lowest BCUT2D eigenvalue weighted by atomic mass is 9.77. The second kappa shape index (κ2) is 10.8. The van der Waals surface area contributed by atoms with Crippen molar-refractivity contribution in [2.75, 3.05) is 26.3 Å². The highest BCUT2D eigenvalue weighted by molar-refractivity contribution is 5.96. The van der Waals surface area contributed by atoms with Gasteiger partial charge in [0.15, 0.2) is 0 Å². The van der Waals surface area contributed by atoms with Crippen molar-refractivity contribution in [3.05, 3.63) is 77.5 Å². The minimum Gasteiger partial charge on any atom is -0.486 e. The molecule has 1 aliphatic carbocycles. The second-order valence-corrected chi connectivity index (χ2v) is 10.3. The largest absolute Gasteiger partial charge is 0.486 e. The topological polar surface area (TPSA) is 124 Å². The minimum atomic E-state index is -1.06. The summed E-state index contributed by atoms with van der Waals surface area (Å²) in [5.74, 6) is -0.424. The zero-order valence-corrected chi connectivity index (χ0v) is 21.6. The highest BCUT2D eigenvalue weighted by Gasteiger charge is 2.51. The molecule has 2 aliphatic heterocycles. The van der Waals surface area contributed by atoms with Crippen LogP contribution in [0.5, 0.6) is 5.75 Å². The van der Waals surface area contributed by atoms with Crippen molar-refractivity contribution >= 4 is 22.7 Å². The first-order valence-corrected chi connectivity index (χ1v) is 13.6. The summed E-state index contributed by atoms with van der Waals surface area (Å²) in [6.07, 6.45) is 1.27. The maximum Gasteiger partial charge on any atom is 0.252 e. The maximum absolute atomic E-state index is 13.8. The molecule has 4 N–H and O–H groups in total. The molecule has 0 bridgehead atoms. The van der Waals surface area contributed by atoms with Gasteiger partial charge in [-0.15, -0.1) is 0 Å². The molecule has 3 aliphatic rings. The number of aromatic amines is 1. The Bertz CT molecular complexity index is 1360. The fourth-order valence-electron chi connectivity index (χ4n) is 6.06. The van der Waals surface area contributed by atoms with E-state index in [-0.39, 0.29) is 25.0 Å². The van der Waals surface area contributed by atoms with Gasteiger partial charge in [0, 0.05) is 48.5 Å². The standard InChI is InChI=1S/C30H33N3O6/c34-14-12-31-29(36)21-17-23(27(35)28-26(21)20-7-2-4-9-24(20)39-28)33(30(37)25-10-5-15-38-25)13-11-19-16-18-6-1-3-8-22(18)32-19/h1-4,6-9,16-17,23,25-28,32,34-35H,5,10-15H2,(H,31,36). The molecule has 1 fully saturated rings. The number of nitrogens with zero attached hydrogens (tertiary/aromatic N) is 1. The van der Waals surface area contributed by atoms with Crippen LogP contribution in [0.2, 0.25) is 0 Å². The molecule has 0 spiro atoms. The fraction of sp³-hybridized carbons (Fsp3) is 0.400. The number of benzene rings is 2. The van der Waals surface area contributed by atoms with E-state index in [1.807, 2.05) is 48.5 Å². The Morgan fingerprint density at radius 3 is 2.74 bits per heavy atom. The van der Waals surface area contributed by atoms with E-state index < -0.39 is 30.3 Å². The molecule has 2 amide bonds. The summed E-state index contributed by atoms with van der Waals surface area (Å²) in [4.78, 5) is 32.2. The van der Waals surface area contributed by atoms with Crippen LogP contribution in [0.25, 0.3) is 10.9 Å². The van der Waals surface area contributed by atoms with Crippen LogP contribution >= 0.6 is 0 Å². The first kappa shape index (κ1) is 25.6. The van der Waals surface area contributed by atoms with Gasteiger partial charge < -0.3 is 34.9 Å². The predicted molar refractivity (Wildman–Crippen MR) is 144 cm³/mol. The summed E-state index contributed by atoms with van der Waals surface area (Å²) >= 11 is 0. The Labute approximate surface area is 226 Å². The molecule has 5 unspecified atom stereocenters. The number of ether oxygens (including phenoxy) is 2. The van der Waals surface area contributed by atoms with E-state index in [9.17, 15) is 19.8 Å². The zero-order chi connectivity index (χ0) is 26.9. The van der Waals surface area contributed by atoms with Gasteiger partial charge in [-0.25, -0.2) is 0 Å². The van der Waals surface area contributed by atoms with Gasteiger partial charge in [0.2, 0.25) is 5.91 Å². The zero-order valence-electron chi connectivity index (χ0n) is 21.6. The molecule has 39 heavy (non-hydrogen) atoms. The number of nitrogens with one attached hydrogen (secondary N) is 2. The smallest absolute Gasteiger partial charge is 0.252 e. The average Bonchev–Trinajstić information content (AvgIpc) is 3.71. The molecule has 204 valence electrons. The molecular weight excluding hydrogens is 498 g/mol. The van der Waals surface area contributed by atoms with Crippen molar-refractivity contribution in [3.8, 4) is 5.75 Å².